The van der Waals surface area contributed by atoms with E-state index in [-0.39, 0.29) is 5.91 Å². The largest absolute Gasteiger partial charge is 0.497 e. The first-order valence-corrected chi connectivity index (χ1v) is 9.20. The lowest BCUT2D eigenvalue weighted by molar-refractivity contribution is -0.116. The number of methoxy groups -OCH3 is 1. The van der Waals surface area contributed by atoms with Crippen molar-refractivity contribution in [3.63, 3.8) is 0 Å². The van der Waals surface area contributed by atoms with Gasteiger partial charge < -0.3 is 10.1 Å². The monoisotopic (exact) mass is 382 g/mol. The van der Waals surface area contributed by atoms with Crippen LogP contribution in [0.5, 0.6) is 5.75 Å². The number of nitrogens with one attached hydrogen (secondary N) is 2. The second-order valence-electron chi connectivity index (χ2n) is 6.08. The van der Waals surface area contributed by atoms with Gasteiger partial charge in [-0.3, -0.25) is 14.5 Å². The number of benzene rings is 2. The maximum absolute atomic E-state index is 12.3. The molecule has 0 bridgehead atoms. The van der Waals surface area contributed by atoms with Gasteiger partial charge in [0.15, 0.2) is 10.6 Å². The van der Waals surface area contributed by atoms with E-state index in [2.05, 4.69) is 22.4 Å². The third-order valence-electron chi connectivity index (χ3n) is 4.29. The van der Waals surface area contributed by atoms with Crippen molar-refractivity contribution in [3.8, 4) is 17.1 Å². The Bertz CT molecular complexity index is 976. The van der Waals surface area contributed by atoms with Gasteiger partial charge in [0, 0.05) is 24.2 Å². The maximum Gasteiger partial charge on any atom is 0.226 e. The Morgan fingerprint density at radius 2 is 2.04 bits per heavy atom. The second-order valence-corrected chi connectivity index (χ2v) is 6.47. The Kier molecular flexibility index (Phi) is 6.03. The number of aryl methyl sites for hydroxylation is 1. The number of carbonyl (C=O) groups is 1. The van der Waals surface area contributed by atoms with E-state index in [4.69, 9.17) is 17.0 Å². The molecule has 3 rings (SSSR count). The first-order valence-electron chi connectivity index (χ1n) is 8.79. The van der Waals surface area contributed by atoms with Crippen LogP contribution in [0.3, 0.4) is 0 Å². The van der Waals surface area contributed by atoms with Gasteiger partial charge in [0.1, 0.15) is 5.75 Å². The number of hydrogen-bond donors (Lipinski definition) is 2. The van der Waals surface area contributed by atoms with E-state index in [1.54, 1.807) is 7.11 Å². The van der Waals surface area contributed by atoms with Crippen LogP contribution in [0.25, 0.3) is 11.4 Å². The second kappa shape index (κ2) is 8.64. The molecule has 0 aliphatic rings. The van der Waals surface area contributed by atoms with Crippen LogP contribution in [0, 0.1) is 4.77 Å². The van der Waals surface area contributed by atoms with Gasteiger partial charge in [-0.25, -0.2) is 0 Å². The maximum atomic E-state index is 12.3. The number of rotatable bonds is 7. The smallest absolute Gasteiger partial charge is 0.226 e. The van der Waals surface area contributed by atoms with E-state index in [1.165, 1.54) is 5.56 Å². The molecule has 140 valence electrons. The van der Waals surface area contributed by atoms with Crippen LogP contribution in [0.15, 0.2) is 48.5 Å². The van der Waals surface area contributed by atoms with Crippen molar-refractivity contribution >= 4 is 23.8 Å². The molecule has 0 aliphatic heterocycles. The third kappa shape index (κ3) is 4.62. The summed E-state index contributed by atoms with van der Waals surface area (Å²) in [6.07, 6.45) is 1.23. The number of aromatic nitrogens is 3. The zero-order chi connectivity index (χ0) is 19.2. The van der Waals surface area contributed by atoms with Crippen molar-refractivity contribution in [3.05, 3.63) is 58.9 Å². The van der Waals surface area contributed by atoms with Crippen molar-refractivity contribution in [2.75, 3.05) is 12.4 Å². The summed E-state index contributed by atoms with van der Waals surface area (Å²) in [5.74, 6) is 1.41. The fourth-order valence-electron chi connectivity index (χ4n) is 2.79. The summed E-state index contributed by atoms with van der Waals surface area (Å²) in [4.78, 5) is 12.3. The van der Waals surface area contributed by atoms with Crippen LogP contribution in [0.1, 0.15) is 18.9 Å². The molecule has 0 saturated carbocycles. The number of hydrogen-bond acceptors (Lipinski definition) is 4. The molecule has 3 aromatic rings. The number of carbonyl (C=O) groups excluding carboxylic acids is 1. The van der Waals surface area contributed by atoms with Crippen molar-refractivity contribution in [1.82, 2.24) is 14.8 Å². The number of anilines is 1. The van der Waals surface area contributed by atoms with E-state index in [0.717, 1.165) is 23.4 Å². The lowest BCUT2D eigenvalue weighted by Gasteiger charge is -2.09. The highest BCUT2D eigenvalue weighted by atomic mass is 32.1. The number of H-pyrrole nitrogens is 1. The third-order valence-corrected chi connectivity index (χ3v) is 4.60. The highest BCUT2D eigenvalue weighted by Crippen LogP contribution is 2.21. The van der Waals surface area contributed by atoms with Crippen LogP contribution in [-0.2, 0) is 17.8 Å². The minimum Gasteiger partial charge on any atom is -0.497 e. The van der Waals surface area contributed by atoms with E-state index < -0.39 is 0 Å². The number of amides is 1. The number of aromatic amines is 1. The minimum atomic E-state index is -0.0629. The van der Waals surface area contributed by atoms with Crippen LogP contribution in [-0.4, -0.2) is 27.8 Å². The lowest BCUT2D eigenvalue weighted by atomic mass is 10.1. The molecule has 0 atom stereocenters. The summed E-state index contributed by atoms with van der Waals surface area (Å²) < 4.78 is 7.50. The standard InChI is InChI=1S/C20H22N4O2S/c1-3-14-5-4-6-16(13-14)21-18(25)11-12-24-19(22-23-20(24)27)15-7-9-17(26-2)10-8-15/h4-10,13H,3,11-12H2,1-2H3,(H,21,25)(H,23,27). The van der Waals surface area contributed by atoms with Gasteiger partial charge in [-0.1, -0.05) is 19.1 Å². The molecule has 2 N–H and O–H groups in total. The summed E-state index contributed by atoms with van der Waals surface area (Å²) in [6, 6.07) is 15.4. The molecule has 27 heavy (non-hydrogen) atoms. The van der Waals surface area contributed by atoms with Crippen molar-refractivity contribution in [2.24, 2.45) is 0 Å². The first-order chi connectivity index (χ1) is 13.1. The predicted molar refractivity (Wildman–Crippen MR) is 108 cm³/mol. The summed E-state index contributed by atoms with van der Waals surface area (Å²) in [6.45, 7) is 2.53. The zero-order valence-electron chi connectivity index (χ0n) is 15.4. The molecule has 0 saturated heterocycles. The normalized spacial score (nSPS) is 10.6. The van der Waals surface area contributed by atoms with Gasteiger partial charge in [0.25, 0.3) is 0 Å². The highest BCUT2D eigenvalue weighted by Gasteiger charge is 2.11. The topological polar surface area (TPSA) is 71.9 Å². The average Bonchev–Trinajstić information content (AvgIpc) is 3.07. The Morgan fingerprint density at radius 3 is 2.74 bits per heavy atom. The molecule has 6 nitrogen and oxygen atoms in total. The summed E-state index contributed by atoms with van der Waals surface area (Å²) in [5.41, 5.74) is 2.90. The molecule has 2 aromatic carbocycles. The molecule has 1 amide bonds. The Morgan fingerprint density at radius 1 is 1.26 bits per heavy atom. The van der Waals surface area contributed by atoms with Crippen LogP contribution >= 0.6 is 12.2 Å². The van der Waals surface area contributed by atoms with Crippen molar-refractivity contribution in [2.45, 2.75) is 26.3 Å². The van der Waals surface area contributed by atoms with Gasteiger partial charge in [-0.15, -0.1) is 0 Å². The lowest BCUT2D eigenvalue weighted by Crippen LogP contribution is -2.15. The molecule has 0 unspecified atom stereocenters. The SMILES string of the molecule is CCc1cccc(NC(=O)CCn2c(-c3ccc(OC)cc3)n[nH]c2=S)c1. The molecular formula is C20H22N4O2S. The minimum absolute atomic E-state index is 0.0629. The van der Waals surface area contributed by atoms with Crippen LogP contribution in [0.2, 0.25) is 0 Å². The van der Waals surface area contributed by atoms with E-state index in [1.807, 2.05) is 53.1 Å². The molecule has 1 heterocycles. The Labute approximate surface area is 163 Å². The van der Waals surface area contributed by atoms with Crippen LogP contribution in [0.4, 0.5) is 5.69 Å². The van der Waals surface area contributed by atoms with Gasteiger partial charge in [-0.05, 0) is 60.6 Å². The van der Waals surface area contributed by atoms with Gasteiger partial charge in [-0.2, -0.15) is 5.10 Å². The van der Waals surface area contributed by atoms with Gasteiger partial charge >= 0.3 is 0 Å². The molecule has 0 spiro atoms. The average molecular weight is 382 g/mol. The molecular weight excluding hydrogens is 360 g/mol. The molecule has 1 aromatic heterocycles. The number of nitrogens with zero attached hydrogens (tertiary/aromatic N) is 2. The zero-order valence-corrected chi connectivity index (χ0v) is 16.2. The van der Waals surface area contributed by atoms with Crippen molar-refractivity contribution in [1.29, 1.82) is 0 Å². The van der Waals surface area contributed by atoms with E-state index in [9.17, 15) is 4.79 Å². The predicted octanol–water partition coefficient (Wildman–Crippen LogP) is 4.21. The van der Waals surface area contributed by atoms with Crippen LogP contribution < -0.4 is 10.1 Å². The molecule has 0 aliphatic carbocycles. The Hall–Kier alpha value is -2.93. The first kappa shape index (κ1) is 18.8. The molecule has 0 fully saturated rings. The highest BCUT2D eigenvalue weighted by molar-refractivity contribution is 7.71. The summed E-state index contributed by atoms with van der Waals surface area (Å²) in [7, 11) is 1.62. The van der Waals surface area contributed by atoms with E-state index >= 15 is 0 Å². The summed E-state index contributed by atoms with van der Waals surface area (Å²) >= 11 is 5.32. The quantitative estimate of drug-likeness (QED) is 0.601. The molecule has 7 heteroatoms. The van der Waals surface area contributed by atoms with Gasteiger partial charge in [0.2, 0.25) is 5.91 Å². The van der Waals surface area contributed by atoms with Crippen molar-refractivity contribution < 1.29 is 9.53 Å². The Balaban J connectivity index is 1.69. The fourth-order valence-corrected chi connectivity index (χ4v) is 3.01. The summed E-state index contributed by atoms with van der Waals surface area (Å²) in [5, 5.41) is 10.0. The fraction of sp³-hybridized carbons (Fsp3) is 0.250. The number of ether oxygens (including phenoxy) is 1. The van der Waals surface area contributed by atoms with E-state index in [0.29, 0.717) is 23.6 Å². The van der Waals surface area contributed by atoms with Gasteiger partial charge in [0.05, 0.1) is 7.11 Å². The molecule has 0 radical (unpaired) electrons.